The molecule has 1 aliphatic rings. The second-order valence-corrected chi connectivity index (χ2v) is 6.15. The fourth-order valence-electron chi connectivity index (χ4n) is 3.29. The number of amides is 1. The van der Waals surface area contributed by atoms with Crippen LogP contribution in [0.4, 0.5) is 0 Å². The fraction of sp³-hybridized carbons (Fsp3) is 0.263. The molecule has 0 radical (unpaired) electrons. The first kappa shape index (κ1) is 17.5. The maximum absolute atomic E-state index is 12.2. The van der Waals surface area contributed by atoms with Crippen LogP contribution in [0.1, 0.15) is 17.2 Å². The molecule has 1 amide bonds. The molecule has 1 unspecified atom stereocenters. The maximum atomic E-state index is 12.2. The van der Waals surface area contributed by atoms with Crippen molar-refractivity contribution in [1.29, 1.82) is 0 Å². The molecule has 5 nitrogen and oxygen atoms in total. The van der Waals surface area contributed by atoms with E-state index in [1.165, 1.54) is 11.1 Å². The van der Waals surface area contributed by atoms with E-state index in [4.69, 9.17) is 0 Å². The lowest BCUT2D eigenvalue weighted by molar-refractivity contribution is -0.121. The van der Waals surface area contributed by atoms with Crippen LogP contribution >= 0.6 is 12.4 Å². The van der Waals surface area contributed by atoms with E-state index in [9.17, 15) is 4.79 Å². The Labute approximate surface area is 152 Å². The van der Waals surface area contributed by atoms with Crippen LogP contribution in [0.5, 0.6) is 0 Å². The van der Waals surface area contributed by atoms with Crippen LogP contribution in [0.15, 0.2) is 54.7 Å². The third-order valence-electron chi connectivity index (χ3n) is 4.49. The average Bonchev–Trinajstić information content (AvgIpc) is 3.02. The number of rotatable bonds is 4. The second kappa shape index (κ2) is 7.68. The molecular weight excluding hydrogens is 336 g/mol. The van der Waals surface area contributed by atoms with Gasteiger partial charge in [0.1, 0.15) is 6.54 Å². The monoisotopic (exact) mass is 356 g/mol. The Balaban J connectivity index is 0.00000182. The third kappa shape index (κ3) is 3.83. The number of nitrogens with zero attached hydrogens (tertiary/aromatic N) is 2. The Kier molecular flexibility index (Phi) is 5.36. The molecule has 0 spiro atoms. The predicted octanol–water partition coefficient (Wildman–Crippen LogP) is 2.46. The molecule has 0 fully saturated rings. The summed E-state index contributed by atoms with van der Waals surface area (Å²) in [7, 11) is 0. The van der Waals surface area contributed by atoms with E-state index in [0.29, 0.717) is 6.54 Å². The van der Waals surface area contributed by atoms with Crippen molar-refractivity contribution in [3.8, 4) is 0 Å². The summed E-state index contributed by atoms with van der Waals surface area (Å²) in [5.74, 6) is -0.0207. The molecule has 2 aromatic carbocycles. The minimum Gasteiger partial charge on any atom is -0.353 e. The van der Waals surface area contributed by atoms with Gasteiger partial charge in [-0.2, -0.15) is 5.10 Å². The number of aromatic nitrogens is 2. The largest absolute Gasteiger partial charge is 0.353 e. The van der Waals surface area contributed by atoms with Gasteiger partial charge in [0.15, 0.2) is 0 Å². The normalized spacial score (nSPS) is 16.1. The number of fused-ring (bicyclic) bond motifs is 2. The number of carbonyl (C=O) groups excluding carboxylic acids is 1. The lowest BCUT2D eigenvalue weighted by Gasteiger charge is -2.27. The minimum absolute atomic E-state index is 0. The highest BCUT2D eigenvalue weighted by Crippen LogP contribution is 2.21. The number of halogens is 1. The molecule has 0 bridgehead atoms. The number of nitrogens with one attached hydrogen (secondary N) is 2. The number of hydrogen-bond donors (Lipinski definition) is 2. The van der Waals surface area contributed by atoms with Gasteiger partial charge in [0.05, 0.1) is 5.52 Å². The van der Waals surface area contributed by atoms with Gasteiger partial charge in [-0.05, 0) is 30.2 Å². The molecule has 0 saturated heterocycles. The van der Waals surface area contributed by atoms with Gasteiger partial charge in [-0.25, -0.2) is 0 Å². The molecule has 4 rings (SSSR count). The van der Waals surface area contributed by atoms with E-state index in [2.05, 4.69) is 40.0 Å². The van der Waals surface area contributed by atoms with E-state index >= 15 is 0 Å². The molecule has 1 atom stereocenters. The zero-order valence-electron chi connectivity index (χ0n) is 13.8. The van der Waals surface area contributed by atoms with Crippen molar-refractivity contribution < 1.29 is 4.79 Å². The molecule has 2 heterocycles. The summed E-state index contributed by atoms with van der Waals surface area (Å²) in [5, 5.41) is 12.0. The van der Waals surface area contributed by atoms with Gasteiger partial charge in [-0.1, -0.05) is 42.5 Å². The van der Waals surface area contributed by atoms with E-state index in [0.717, 1.165) is 23.9 Å². The van der Waals surface area contributed by atoms with Gasteiger partial charge < -0.3 is 10.6 Å². The van der Waals surface area contributed by atoms with Gasteiger partial charge in [-0.15, -0.1) is 12.4 Å². The second-order valence-electron chi connectivity index (χ2n) is 6.15. The number of benzene rings is 2. The van der Waals surface area contributed by atoms with E-state index in [-0.39, 0.29) is 30.9 Å². The van der Waals surface area contributed by atoms with Gasteiger partial charge >= 0.3 is 0 Å². The highest BCUT2D eigenvalue weighted by Gasteiger charge is 2.19. The quantitative estimate of drug-likeness (QED) is 0.755. The van der Waals surface area contributed by atoms with Crippen molar-refractivity contribution in [2.24, 2.45) is 0 Å². The first-order chi connectivity index (χ1) is 11.8. The molecule has 3 aromatic rings. The van der Waals surface area contributed by atoms with Crippen molar-refractivity contribution in [3.05, 3.63) is 65.9 Å². The van der Waals surface area contributed by atoms with Crippen molar-refractivity contribution in [1.82, 2.24) is 20.4 Å². The Morgan fingerprint density at radius 3 is 2.88 bits per heavy atom. The van der Waals surface area contributed by atoms with Gasteiger partial charge in [0.25, 0.3) is 0 Å². The summed E-state index contributed by atoms with van der Waals surface area (Å²) >= 11 is 0. The molecular formula is C19H21ClN4O. The Morgan fingerprint density at radius 1 is 1.20 bits per heavy atom. The minimum atomic E-state index is -0.0207. The summed E-state index contributed by atoms with van der Waals surface area (Å²) in [6, 6.07) is 16.5. The summed E-state index contributed by atoms with van der Waals surface area (Å²) in [4.78, 5) is 12.2. The molecule has 0 saturated carbocycles. The Hall–Kier alpha value is -2.37. The average molecular weight is 357 g/mol. The summed E-state index contributed by atoms with van der Waals surface area (Å²) < 4.78 is 1.70. The molecule has 2 N–H and O–H groups in total. The number of carbonyl (C=O) groups is 1. The maximum Gasteiger partial charge on any atom is 0.241 e. The van der Waals surface area contributed by atoms with Gasteiger partial charge in [0, 0.05) is 24.2 Å². The van der Waals surface area contributed by atoms with E-state index in [1.54, 1.807) is 4.68 Å². The summed E-state index contributed by atoms with van der Waals surface area (Å²) in [6.45, 7) is 1.78. The first-order valence-corrected chi connectivity index (χ1v) is 8.30. The van der Waals surface area contributed by atoms with Crippen molar-refractivity contribution in [3.63, 3.8) is 0 Å². The van der Waals surface area contributed by atoms with E-state index in [1.807, 2.05) is 30.5 Å². The first-order valence-electron chi connectivity index (χ1n) is 8.30. The van der Waals surface area contributed by atoms with Crippen LogP contribution in [-0.4, -0.2) is 28.8 Å². The van der Waals surface area contributed by atoms with Crippen LogP contribution in [-0.2, 0) is 17.8 Å². The molecule has 25 heavy (non-hydrogen) atoms. The van der Waals surface area contributed by atoms with Crippen LogP contribution < -0.4 is 10.6 Å². The lowest BCUT2D eigenvalue weighted by atomic mass is 9.94. The zero-order valence-corrected chi connectivity index (χ0v) is 14.6. The third-order valence-corrected chi connectivity index (χ3v) is 4.49. The fourth-order valence-corrected chi connectivity index (χ4v) is 3.29. The molecule has 130 valence electrons. The standard InChI is InChI=1S/C19H20N4O.ClH/c24-19(13-23-12-15-6-2-4-8-17(15)22-23)21-11-18-16-7-3-1-5-14(16)9-10-20-18;/h1-8,12,18,20H,9-11,13H2,(H,21,24);1H. The van der Waals surface area contributed by atoms with E-state index < -0.39 is 0 Å². The van der Waals surface area contributed by atoms with Gasteiger partial charge in [-0.3, -0.25) is 9.48 Å². The molecule has 1 aliphatic heterocycles. The molecule has 6 heteroatoms. The topological polar surface area (TPSA) is 59.0 Å². The predicted molar refractivity (Wildman–Crippen MR) is 101 cm³/mol. The van der Waals surface area contributed by atoms with Crippen LogP contribution in [0, 0.1) is 0 Å². The smallest absolute Gasteiger partial charge is 0.241 e. The molecule has 0 aliphatic carbocycles. The van der Waals surface area contributed by atoms with Crippen molar-refractivity contribution in [2.45, 2.75) is 19.0 Å². The van der Waals surface area contributed by atoms with Crippen molar-refractivity contribution in [2.75, 3.05) is 13.1 Å². The van der Waals surface area contributed by atoms with Gasteiger partial charge in [0.2, 0.25) is 5.91 Å². The molecule has 1 aromatic heterocycles. The van der Waals surface area contributed by atoms with Crippen LogP contribution in [0.25, 0.3) is 10.9 Å². The highest BCUT2D eigenvalue weighted by molar-refractivity contribution is 5.85. The highest BCUT2D eigenvalue weighted by atomic mass is 35.5. The summed E-state index contributed by atoms with van der Waals surface area (Å²) in [6.07, 6.45) is 2.95. The van der Waals surface area contributed by atoms with Crippen LogP contribution in [0.3, 0.4) is 0 Å². The lowest BCUT2D eigenvalue weighted by Crippen LogP contribution is -2.39. The van der Waals surface area contributed by atoms with Crippen molar-refractivity contribution >= 4 is 29.2 Å². The Bertz CT molecular complexity index is 843. The SMILES string of the molecule is Cl.O=C(Cn1cc2ccccc2n1)NCC1NCCc2ccccc21. The summed E-state index contributed by atoms with van der Waals surface area (Å²) in [5.41, 5.74) is 3.57. The van der Waals surface area contributed by atoms with Crippen LogP contribution in [0.2, 0.25) is 0 Å². The number of hydrogen-bond acceptors (Lipinski definition) is 3. The Morgan fingerprint density at radius 2 is 2.00 bits per heavy atom. The zero-order chi connectivity index (χ0) is 16.4.